The van der Waals surface area contributed by atoms with E-state index in [2.05, 4.69) is 15.9 Å². The Kier molecular flexibility index (Phi) is 3.73. The minimum absolute atomic E-state index is 0.296. The molecule has 0 saturated heterocycles. The maximum Gasteiger partial charge on any atom is 0.335 e. The summed E-state index contributed by atoms with van der Waals surface area (Å²) in [6.07, 6.45) is 0. The van der Waals surface area contributed by atoms with Gasteiger partial charge in [-0.05, 0) is 63.8 Å². The van der Waals surface area contributed by atoms with Crippen LogP contribution in [-0.2, 0) is 0 Å². The van der Waals surface area contributed by atoms with Gasteiger partial charge in [0, 0.05) is 4.47 Å². The number of carboxylic acid groups (broad SMARTS) is 1. The minimum atomic E-state index is -0.915. The molecule has 0 radical (unpaired) electrons. The molecule has 0 aliphatic heterocycles. The molecule has 0 aliphatic rings. The van der Waals surface area contributed by atoms with E-state index in [1.165, 1.54) is 0 Å². The van der Waals surface area contributed by atoms with Gasteiger partial charge in [-0.3, -0.25) is 0 Å². The lowest BCUT2D eigenvalue weighted by Gasteiger charge is -2.08. The van der Waals surface area contributed by atoms with Crippen LogP contribution in [0.1, 0.15) is 15.9 Å². The van der Waals surface area contributed by atoms with Gasteiger partial charge in [-0.25, -0.2) is 4.79 Å². The van der Waals surface area contributed by atoms with E-state index >= 15 is 0 Å². The molecule has 2 aromatic rings. The Labute approximate surface area is 118 Å². The molecule has 0 heterocycles. The smallest absolute Gasteiger partial charge is 0.335 e. The van der Waals surface area contributed by atoms with Gasteiger partial charge in [0.2, 0.25) is 0 Å². The van der Waals surface area contributed by atoms with Crippen LogP contribution in [0.4, 0.5) is 0 Å². The Morgan fingerprint density at radius 1 is 1.22 bits per heavy atom. The second kappa shape index (κ2) is 5.12. The summed E-state index contributed by atoms with van der Waals surface area (Å²) in [5, 5.41) is 9.58. The molecule has 0 aliphatic carbocycles. The highest BCUT2D eigenvalue weighted by molar-refractivity contribution is 9.10. The quantitative estimate of drug-likeness (QED) is 0.863. The van der Waals surface area contributed by atoms with Crippen LogP contribution in [0.15, 0.2) is 40.9 Å². The predicted octanol–water partition coefficient (Wildman–Crippen LogP) is 4.78. The van der Waals surface area contributed by atoms with Crippen LogP contribution in [0.2, 0.25) is 5.02 Å². The topological polar surface area (TPSA) is 37.3 Å². The number of aryl methyl sites for hydroxylation is 1. The fraction of sp³-hybridized carbons (Fsp3) is 0.0714. The average molecular weight is 326 g/mol. The van der Waals surface area contributed by atoms with E-state index in [0.29, 0.717) is 10.6 Å². The molecule has 2 rings (SSSR count). The molecule has 2 aromatic carbocycles. The highest BCUT2D eigenvalue weighted by Crippen LogP contribution is 2.30. The van der Waals surface area contributed by atoms with Crippen molar-refractivity contribution in [3.8, 4) is 11.1 Å². The summed E-state index contributed by atoms with van der Waals surface area (Å²) in [7, 11) is 0. The molecule has 1 N–H and O–H groups in total. The first kappa shape index (κ1) is 13.1. The summed E-state index contributed by atoms with van der Waals surface area (Å²) < 4.78 is 0.823. The van der Waals surface area contributed by atoms with Gasteiger partial charge in [-0.1, -0.05) is 23.7 Å². The SMILES string of the molecule is Cc1cc(C(=O)O)ccc1-c1ccc(Cl)c(Br)c1. The van der Waals surface area contributed by atoms with Gasteiger partial charge in [0.15, 0.2) is 0 Å². The summed E-state index contributed by atoms with van der Waals surface area (Å²) in [6.45, 7) is 1.89. The third kappa shape index (κ3) is 2.57. The molecule has 0 aromatic heterocycles. The number of carboxylic acids is 1. The van der Waals surface area contributed by atoms with Crippen molar-refractivity contribution in [1.82, 2.24) is 0 Å². The maximum absolute atomic E-state index is 10.9. The van der Waals surface area contributed by atoms with Crippen LogP contribution in [0.5, 0.6) is 0 Å². The maximum atomic E-state index is 10.9. The summed E-state index contributed by atoms with van der Waals surface area (Å²) in [5.74, 6) is -0.915. The van der Waals surface area contributed by atoms with E-state index in [4.69, 9.17) is 16.7 Å². The van der Waals surface area contributed by atoms with Gasteiger partial charge in [-0.15, -0.1) is 0 Å². The summed E-state index contributed by atoms with van der Waals surface area (Å²) in [5.41, 5.74) is 3.21. The molecule has 0 atom stereocenters. The molecule has 18 heavy (non-hydrogen) atoms. The van der Waals surface area contributed by atoms with E-state index in [1.54, 1.807) is 12.1 Å². The van der Waals surface area contributed by atoms with E-state index < -0.39 is 5.97 Å². The van der Waals surface area contributed by atoms with Crippen LogP contribution in [0.25, 0.3) is 11.1 Å². The van der Waals surface area contributed by atoms with Crippen molar-refractivity contribution < 1.29 is 9.90 Å². The van der Waals surface area contributed by atoms with E-state index in [9.17, 15) is 4.79 Å². The summed E-state index contributed by atoms with van der Waals surface area (Å²) >= 11 is 9.33. The van der Waals surface area contributed by atoms with Crippen LogP contribution >= 0.6 is 27.5 Å². The normalized spacial score (nSPS) is 10.4. The van der Waals surface area contributed by atoms with Gasteiger partial charge in [-0.2, -0.15) is 0 Å². The van der Waals surface area contributed by atoms with Gasteiger partial charge in [0.1, 0.15) is 0 Å². The third-order valence-electron chi connectivity index (χ3n) is 2.70. The molecule has 0 bridgehead atoms. The van der Waals surface area contributed by atoms with Crippen LogP contribution < -0.4 is 0 Å². The average Bonchev–Trinajstić information content (AvgIpc) is 2.32. The molecule has 0 amide bonds. The standard InChI is InChI=1S/C14H10BrClO2/c1-8-6-10(14(17)18)2-4-11(8)9-3-5-13(16)12(15)7-9/h2-7H,1H3,(H,17,18). The van der Waals surface area contributed by atoms with E-state index in [0.717, 1.165) is 21.2 Å². The van der Waals surface area contributed by atoms with Gasteiger partial charge in [0.25, 0.3) is 0 Å². The first-order valence-corrected chi connectivity index (χ1v) is 6.45. The van der Waals surface area contributed by atoms with Crippen molar-refractivity contribution >= 4 is 33.5 Å². The van der Waals surface area contributed by atoms with Crippen LogP contribution in [0.3, 0.4) is 0 Å². The predicted molar refractivity (Wildman–Crippen MR) is 76.3 cm³/mol. The number of benzene rings is 2. The fourth-order valence-electron chi connectivity index (χ4n) is 1.78. The van der Waals surface area contributed by atoms with Crippen molar-refractivity contribution in [1.29, 1.82) is 0 Å². The molecule has 2 nitrogen and oxygen atoms in total. The number of hydrogen-bond acceptors (Lipinski definition) is 1. The lowest BCUT2D eigenvalue weighted by molar-refractivity contribution is 0.0697. The minimum Gasteiger partial charge on any atom is -0.478 e. The number of rotatable bonds is 2. The van der Waals surface area contributed by atoms with E-state index in [1.807, 2.05) is 31.2 Å². The zero-order valence-corrected chi connectivity index (χ0v) is 11.9. The van der Waals surface area contributed by atoms with Gasteiger partial charge < -0.3 is 5.11 Å². The highest BCUT2D eigenvalue weighted by atomic mass is 79.9. The second-order valence-electron chi connectivity index (χ2n) is 3.96. The summed E-state index contributed by atoms with van der Waals surface area (Å²) in [4.78, 5) is 10.9. The Hall–Kier alpha value is -1.32. The van der Waals surface area contributed by atoms with Crippen molar-refractivity contribution in [2.24, 2.45) is 0 Å². The largest absolute Gasteiger partial charge is 0.478 e. The monoisotopic (exact) mass is 324 g/mol. The molecule has 0 spiro atoms. The number of hydrogen-bond donors (Lipinski definition) is 1. The van der Waals surface area contributed by atoms with Gasteiger partial charge in [0.05, 0.1) is 10.6 Å². The van der Waals surface area contributed by atoms with Crippen molar-refractivity contribution in [3.63, 3.8) is 0 Å². The first-order valence-electron chi connectivity index (χ1n) is 5.28. The molecule has 92 valence electrons. The molecular formula is C14H10BrClO2. The third-order valence-corrected chi connectivity index (χ3v) is 3.92. The second-order valence-corrected chi connectivity index (χ2v) is 5.23. The zero-order valence-electron chi connectivity index (χ0n) is 9.58. The summed E-state index contributed by atoms with van der Waals surface area (Å²) in [6, 6.07) is 10.7. The Bertz CT molecular complexity index is 623. The number of carbonyl (C=O) groups is 1. The number of aromatic carboxylic acids is 1. The fourth-order valence-corrected chi connectivity index (χ4v) is 2.28. The number of halogens is 2. The Balaban J connectivity index is 2.51. The Morgan fingerprint density at radius 3 is 2.50 bits per heavy atom. The zero-order chi connectivity index (χ0) is 13.3. The van der Waals surface area contributed by atoms with Crippen molar-refractivity contribution in [2.45, 2.75) is 6.92 Å². The molecule has 0 saturated carbocycles. The molecule has 0 fully saturated rings. The van der Waals surface area contributed by atoms with Crippen molar-refractivity contribution in [3.05, 3.63) is 57.0 Å². The van der Waals surface area contributed by atoms with Gasteiger partial charge >= 0.3 is 5.97 Å². The first-order chi connectivity index (χ1) is 8.49. The lowest BCUT2D eigenvalue weighted by Crippen LogP contribution is -1.97. The highest BCUT2D eigenvalue weighted by Gasteiger charge is 2.08. The van der Waals surface area contributed by atoms with Crippen molar-refractivity contribution in [2.75, 3.05) is 0 Å². The Morgan fingerprint density at radius 2 is 1.94 bits per heavy atom. The molecule has 0 unspecified atom stereocenters. The van der Waals surface area contributed by atoms with Crippen LogP contribution in [0, 0.1) is 6.92 Å². The van der Waals surface area contributed by atoms with Crippen LogP contribution in [-0.4, -0.2) is 11.1 Å². The molecular weight excluding hydrogens is 316 g/mol. The molecule has 4 heteroatoms. The van der Waals surface area contributed by atoms with E-state index in [-0.39, 0.29) is 0 Å². The lowest BCUT2D eigenvalue weighted by atomic mass is 9.98.